The maximum absolute atomic E-state index is 12.0. The fourth-order valence-corrected chi connectivity index (χ4v) is 4.49. The van der Waals surface area contributed by atoms with Gasteiger partial charge in [0.15, 0.2) is 0 Å². The Bertz CT molecular complexity index is 1010. The topological polar surface area (TPSA) is 64.8 Å². The van der Waals surface area contributed by atoms with E-state index in [1.165, 1.54) is 7.11 Å². The van der Waals surface area contributed by atoms with E-state index in [4.69, 9.17) is 13.9 Å². The fourth-order valence-electron chi connectivity index (χ4n) is 3.84. The molecule has 4 rings (SSSR count). The molecule has 3 heterocycles. The van der Waals surface area contributed by atoms with E-state index in [0.29, 0.717) is 19.0 Å². The second-order valence-electron chi connectivity index (χ2n) is 7.48. The Morgan fingerprint density at radius 2 is 2.17 bits per heavy atom. The lowest BCUT2D eigenvalue weighted by atomic mass is 10.1. The molecular formula is C23H26N2O4S. The minimum atomic E-state index is -0.160. The number of nitrogens with zero attached hydrogens (tertiary/aromatic N) is 2. The van der Waals surface area contributed by atoms with Gasteiger partial charge in [-0.25, -0.2) is 4.98 Å². The first-order valence-corrected chi connectivity index (χ1v) is 11.0. The van der Waals surface area contributed by atoms with Crippen molar-refractivity contribution in [3.63, 3.8) is 0 Å². The second-order valence-corrected chi connectivity index (χ2v) is 8.43. The molecule has 1 saturated heterocycles. The smallest absolute Gasteiger partial charge is 0.323 e. The Labute approximate surface area is 180 Å². The summed E-state index contributed by atoms with van der Waals surface area (Å²) in [7, 11) is 1.45. The molecule has 0 N–H and O–H groups in total. The number of rotatable bonds is 7. The van der Waals surface area contributed by atoms with E-state index in [-0.39, 0.29) is 12.0 Å². The number of benzene rings is 1. The number of carbonyl (C=O) groups excluding carboxylic acids is 1. The molecule has 7 heteroatoms. The Morgan fingerprint density at radius 1 is 1.30 bits per heavy atom. The third kappa shape index (κ3) is 4.27. The average Bonchev–Trinajstić information content (AvgIpc) is 3.49. The van der Waals surface area contributed by atoms with Crippen LogP contribution in [-0.4, -0.2) is 35.5 Å². The highest BCUT2D eigenvalue weighted by Gasteiger charge is 2.31. The van der Waals surface area contributed by atoms with Crippen LogP contribution in [0.1, 0.15) is 35.4 Å². The molecule has 0 amide bonds. The first-order chi connectivity index (χ1) is 14.6. The van der Waals surface area contributed by atoms with Gasteiger partial charge < -0.3 is 13.9 Å². The molecule has 0 radical (unpaired) electrons. The first-order valence-electron chi connectivity index (χ1n) is 10.1. The molecule has 158 valence electrons. The van der Waals surface area contributed by atoms with E-state index in [2.05, 4.69) is 22.9 Å². The van der Waals surface area contributed by atoms with Crippen molar-refractivity contribution in [2.75, 3.05) is 13.7 Å². The lowest BCUT2D eigenvalue weighted by molar-refractivity contribution is -0.146. The molecule has 1 aliphatic heterocycles. The number of thiophene rings is 1. The molecule has 0 bridgehead atoms. The summed E-state index contributed by atoms with van der Waals surface area (Å²) in [6.45, 7) is 5.91. The third-order valence-electron chi connectivity index (χ3n) is 5.60. The largest absolute Gasteiger partial charge is 0.487 e. The molecule has 1 atom stereocenters. The fraction of sp³-hybridized carbons (Fsp3) is 0.391. The van der Waals surface area contributed by atoms with Crippen LogP contribution < -0.4 is 4.74 Å². The van der Waals surface area contributed by atoms with Crippen molar-refractivity contribution in [1.82, 2.24) is 9.88 Å². The van der Waals surface area contributed by atoms with Crippen molar-refractivity contribution in [2.45, 2.75) is 45.9 Å². The highest BCUT2D eigenvalue weighted by molar-refractivity contribution is 7.13. The van der Waals surface area contributed by atoms with Crippen molar-refractivity contribution in [2.24, 2.45) is 0 Å². The van der Waals surface area contributed by atoms with Crippen molar-refractivity contribution in [3.8, 4) is 16.5 Å². The van der Waals surface area contributed by atoms with Gasteiger partial charge in [0.2, 0.25) is 5.89 Å². The predicted molar refractivity (Wildman–Crippen MR) is 116 cm³/mol. The number of esters is 1. The number of carbonyl (C=O) groups is 1. The molecule has 0 saturated carbocycles. The van der Waals surface area contributed by atoms with E-state index in [0.717, 1.165) is 52.6 Å². The number of hydrogen-bond donors (Lipinski definition) is 0. The van der Waals surface area contributed by atoms with E-state index < -0.39 is 0 Å². The number of hydrogen-bond acceptors (Lipinski definition) is 7. The van der Waals surface area contributed by atoms with Crippen molar-refractivity contribution in [3.05, 3.63) is 58.3 Å². The van der Waals surface area contributed by atoms with Crippen molar-refractivity contribution < 1.29 is 18.7 Å². The number of ether oxygens (including phenoxy) is 2. The minimum absolute atomic E-state index is 0.152. The summed E-state index contributed by atoms with van der Waals surface area (Å²) in [5.41, 5.74) is 3.03. The first kappa shape index (κ1) is 20.6. The van der Waals surface area contributed by atoms with Gasteiger partial charge in [0, 0.05) is 6.54 Å². The summed E-state index contributed by atoms with van der Waals surface area (Å²) in [6.07, 6.45) is 1.85. The molecule has 1 fully saturated rings. The number of aromatic nitrogens is 1. The second kappa shape index (κ2) is 9.02. The highest BCUT2D eigenvalue weighted by Crippen LogP contribution is 2.29. The quantitative estimate of drug-likeness (QED) is 0.509. The highest BCUT2D eigenvalue weighted by atomic mass is 32.1. The normalized spacial score (nSPS) is 16.7. The van der Waals surface area contributed by atoms with Gasteiger partial charge in [-0.15, -0.1) is 11.3 Å². The maximum atomic E-state index is 12.0. The molecule has 1 aliphatic rings. The Morgan fingerprint density at radius 3 is 2.93 bits per heavy atom. The van der Waals surface area contributed by atoms with Gasteiger partial charge in [-0.3, -0.25) is 9.69 Å². The van der Waals surface area contributed by atoms with Crippen LogP contribution in [0.15, 0.2) is 40.1 Å². The number of aryl methyl sites for hydroxylation is 1. The minimum Gasteiger partial charge on any atom is -0.487 e. The standard InChI is InChI=1S/C23H26N2O4S/c1-15-17(13-25-11-5-8-19(25)23(26)27-3)7-4-9-20(15)28-14-18-16(2)29-22(24-18)21-10-6-12-30-21/h4,6-7,9-10,12,19H,5,8,11,13-14H2,1-3H3. The van der Waals surface area contributed by atoms with Crippen LogP contribution in [0, 0.1) is 13.8 Å². The van der Waals surface area contributed by atoms with Gasteiger partial charge in [-0.2, -0.15) is 0 Å². The van der Waals surface area contributed by atoms with Gasteiger partial charge in [-0.1, -0.05) is 18.2 Å². The van der Waals surface area contributed by atoms with Gasteiger partial charge in [0.1, 0.15) is 29.9 Å². The van der Waals surface area contributed by atoms with Crippen molar-refractivity contribution >= 4 is 17.3 Å². The summed E-state index contributed by atoms with van der Waals surface area (Å²) >= 11 is 1.60. The lowest BCUT2D eigenvalue weighted by Gasteiger charge is -2.23. The summed E-state index contributed by atoms with van der Waals surface area (Å²) in [5, 5.41) is 2.00. The molecule has 0 spiro atoms. The predicted octanol–water partition coefficient (Wildman–Crippen LogP) is 4.74. The lowest BCUT2D eigenvalue weighted by Crippen LogP contribution is -2.36. The number of oxazole rings is 1. The Hall–Kier alpha value is -2.64. The summed E-state index contributed by atoms with van der Waals surface area (Å²) in [5.74, 6) is 2.07. The molecule has 30 heavy (non-hydrogen) atoms. The molecule has 2 aromatic heterocycles. The molecule has 0 aliphatic carbocycles. The van der Waals surface area contributed by atoms with Crippen LogP contribution in [0.25, 0.3) is 10.8 Å². The van der Waals surface area contributed by atoms with Crippen molar-refractivity contribution in [1.29, 1.82) is 0 Å². The van der Waals surface area contributed by atoms with E-state index >= 15 is 0 Å². The summed E-state index contributed by atoms with van der Waals surface area (Å²) in [4.78, 5) is 19.8. The molecule has 3 aromatic rings. The molecule has 1 unspecified atom stereocenters. The van der Waals surface area contributed by atoms with E-state index in [9.17, 15) is 4.79 Å². The van der Waals surface area contributed by atoms with Gasteiger partial charge in [0.05, 0.1) is 12.0 Å². The molecule has 1 aromatic carbocycles. The molecule has 6 nitrogen and oxygen atoms in total. The zero-order valence-electron chi connectivity index (χ0n) is 17.5. The zero-order chi connectivity index (χ0) is 21.1. The van der Waals surface area contributed by atoms with Crippen LogP contribution in [0.4, 0.5) is 0 Å². The summed E-state index contributed by atoms with van der Waals surface area (Å²) < 4.78 is 16.9. The molecular weight excluding hydrogens is 400 g/mol. The monoisotopic (exact) mass is 426 g/mol. The van der Waals surface area contributed by atoms with E-state index in [1.807, 2.05) is 36.6 Å². The third-order valence-corrected chi connectivity index (χ3v) is 6.45. The van der Waals surface area contributed by atoms with Crippen LogP contribution in [0.3, 0.4) is 0 Å². The van der Waals surface area contributed by atoms with Gasteiger partial charge in [-0.05, 0) is 61.9 Å². The summed E-state index contributed by atoms with van der Waals surface area (Å²) in [6, 6.07) is 9.87. The van der Waals surface area contributed by atoms with Crippen LogP contribution in [-0.2, 0) is 22.7 Å². The SMILES string of the molecule is COC(=O)C1CCCN1Cc1cccc(OCc2nc(-c3cccs3)oc2C)c1C. The van der Waals surface area contributed by atoms with Crippen LogP contribution >= 0.6 is 11.3 Å². The zero-order valence-corrected chi connectivity index (χ0v) is 18.3. The maximum Gasteiger partial charge on any atom is 0.323 e. The van der Waals surface area contributed by atoms with Gasteiger partial charge >= 0.3 is 5.97 Å². The van der Waals surface area contributed by atoms with Crippen LogP contribution in [0.5, 0.6) is 5.75 Å². The van der Waals surface area contributed by atoms with E-state index in [1.54, 1.807) is 11.3 Å². The van der Waals surface area contributed by atoms with Crippen LogP contribution in [0.2, 0.25) is 0 Å². The average molecular weight is 427 g/mol. The number of likely N-dealkylation sites (tertiary alicyclic amines) is 1. The number of methoxy groups -OCH3 is 1. The van der Waals surface area contributed by atoms with Gasteiger partial charge in [0.25, 0.3) is 0 Å². The Kier molecular flexibility index (Phi) is 6.20. The Balaban J connectivity index is 1.45.